The first-order valence-corrected chi connectivity index (χ1v) is 6.88. The number of carbonyl (C=O) groups is 1. The zero-order chi connectivity index (χ0) is 15.7. The number of methoxy groups -OCH3 is 2. The summed E-state index contributed by atoms with van der Waals surface area (Å²) in [5, 5.41) is 9.44. The lowest BCUT2D eigenvalue weighted by Crippen LogP contribution is -2.21. The van der Waals surface area contributed by atoms with Crippen LogP contribution in [0.4, 0.5) is 0 Å². The van der Waals surface area contributed by atoms with E-state index in [1.807, 2.05) is 0 Å². The van der Waals surface area contributed by atoms with E-state index in [4.69, 9.17) is 14.2 Å². The van der Waals surface area contributed by atoms with Crippen LogP contribution in [-0.2, 0) is 4.79 Å². The van der Waals surface area contributed by atoms with Crippen LogP contribution in [0, 0.1) is 0 Å². The Morgan fingerprint density at radius 2 is 1.86 bits per heavy atom. The fourth-order valence-electron chi connectivity index (χ4n) is 2.72. The molecule has 0 aromatic heterocycles. The third-order valence-corrected chi connectivity index (χ3v) is 3.77. The Kier molecular flexibility index (Phi) is 3.63. The van der Waals surface area contributed by atoms with Crippen LogP contribution >= 0.6 is 0 Å². The molecule has 1 aliphatic rings. The first-order chi connectivity index (χ1) is 10.6. The van der Waals surface area contributed by atoms with Crippen molar-refractivity contribution in [3.8, 4) is 23.0 Å². The Morgan fingerprint density at radius 3 is 2.50 bits per heavy atom. The summed E-state index contributed by atoms with van der Waals surface area (Å²) in [7, 11) is 3.11. The van der Waals surface area contributed by atoms with Gasteiger partial charge in [0.25, 0.3) is 0 Å². The van der Waals surface area contributed by atoms with E-state index in [-0.39, 0.29) is 24.1 Å². The Morgan fingerprint density at radius 1 is 1.14 bits per heavy atom. The average molecular weight is 300 g/mol. The van der Waals surface area contributed by atoms with Gasteiger partial charge in [0.05, 0.1) is 20.6 Å². The van der Waals surface area contributed by atoms with E-state index in [9.17, 15) is 9.90 Å². The maximum Gasteiger partial charge on any atom is 0.312 e. The van der Waals surface area contributed by atoms with Crippen LogP contribution in [0.15, 0.2) is 36.4 Å². The van der Waals surface area contributed by atoms with Crippen LogP contribution in [0.2, 0.25) is 0 Å². The van der Waals surface area contributed by atoms with Crippen LogP contribution in [0.3, 0.4) is 0 Å². The van der Waals surface area contributed by atoms with Crippen molar-refractivity contribution in [3.63, 3.8) is 0 Å². The zero-order valence-electron chi connectivity index (χ0n) is 12.3. The van der Waals surface area contributed by atoms with E-state index >= 15 is 0 Å². The highest BCUT2D eigenvalue weighted by Gasteiger charge is 2.32. The molecule has 0 bridgehead atoms. The molecule has 0 radical (unpaired) electrons. The number of phenolic OH excluding ortho intramolecular Hbond substituents is 1. The number of ether oxygens (including phenoxy) is 3. The minimum atomic E-state index is -0.305. The normalized spacial score (nSPS) is 16.6. The maximum atomic E-state index is 11.9. The Bertz CT molecular complexity index is 706. The van der Waals surface area contributed by atoms with E-state index < -0.39 is 0 Å². The van der Waals surface area contributed by atoms with Gasteiger partial charge in [0.1, 0.15) is 23.0 Å². The Hall–Kier alpha value is -2.69. The van der Waals surface area contributed by atoms with Gasteiger partial charge in [-0.25, -0.2) is 0 Å². The molecule has 1 N–H and O–H groups in total. The van der Waals surface area contributed by atoms with Crippen LogP contribution in [0.25, 0.3) is 0 Å². The predicted octanol–water partition coefficient (Wildman–Crippen LogP) is 2.85. The largest absolute Gasteiger partial charge is 0.508 e. The van der Waals surface area contributed by atoms with E-state index in [0.29, 0.717) is 17.2 Å². The molecule has 1 atom stereocenters. The van der Waals surface area contributed by atoms with Crippen LogP contribution in [0.1, 0.15) is 23.5 Å². The quantitative estimate of drug-likeness (QED) is 0.697. The fraction of sp³-hybridized carbons (Fsp3) is 0.235. The second kappa shape index (κ2) is 5.60. The van der Waals surface area contributed by atoms with Crippen molar-refractivity contribution in [2.45, 2.75) is 12.3 Å². The van der Waals surface area contributed by atoms with Crippen molar-refractivity contribution in [2.75, 3.05) is 14.2 Å². The van der Waals surface area contributed by atoms with E-state index in [0.717, 1.165) is 11.1 Å². The van der Waals surface area contributed by atoms with Crippen molar-refractivity contribution in [1.82, 2.24) is 0 Å². The highest BCUT2D eigenvalue weighted by atomic mass is 16.5. The molecule has 0 aliphatic carbocycles. The number of hydrogen-bond acceptors (Lipinski definition) is 5. The molecular formula is C17H16O5. The minimum Gasteiger partial charge on any atom is -0.508 e. The van der Waals surface area contributed by atoms with E-state index in [1.54, 1.807) is 50.6 Å². The summed E-state index contributed by atoms with van der Waals surface area (Å²) in [6.45, 7) is 0. The molecule has 3 rings (SSSR count). The number of phenols is 1. The molecule has 0 unspecified atom stereocenters. The smallest absolute Gasteiger partial charge is 0.312 e. The number of esters is 1. The summed E-state index contributed by atoms with van der Waals surface area (Å²) < 4.78 is 16.0. The molecule has 2 aromatic rings. The molecule has 0 spiro atoms. The SMILES string of the molecule is COc1cc(OC)c2c(c1)OC(=O)C[C@@H]2c1ccc(O)cc1. The number of rotatable bonds is 3. The van der Waals surface area contributed by atoms with Crippen LogP contribution in [-0.4, -0.2) is 25.3 Å². The Labute approximate surface area is 128 Å². The average Bonchev–Trinajstić information content (AvgIpc) is 2.53. The molecule has 0 amide bonds. The molecule has 2 aromatic carbocycles. The predicted molar refractivity (Wildman–Crippen MR) is 79.7 cm³/mol. The van der Waals surface area contributed by atoms with Crippen molar-refractivity contribution >= 4 is 5.97 Å². The summed E-state index contributed by atoms with van der Waals surface area (Å²) in [6, 6.07) is 10.3. The Balaban J connectivity index is 2.15. The van der Waals surface area contributed by atoms with Gasteiger partial charge in [-0.15, -0.1) is 0 Å². The number of benzene rings is 2. The standard InChI is InChI=1S/C17H16O5/c1-20-12-7-14(21-2)17-13(9-16(19)22-15(17)8-12)10-3-5-11(18)6-4-10/h3-8,13,18H,9H2,1-2H3/t13-/m1/s1. The van der Waals surface area contributed by atoms with Gasteiger partial charge >= 0.3 is 5.97 Å². The minimum absolute atomic E-state index is 0.183. The fourth-order valence-corrected chi connectivity index (χ4v) is 2.72. The van der Waals surface area contributed by atoms with Gasteiger partial charge in [-0.2, -0.15) is 0 Å². The van der Waals surface area contributed by atoms with Gasteiger partial charge in [-0.05, 0) is 17.7 Å². The summed E-state index contributed by atoms with van der Waals surface area (Å²) in [4.78, 5) is 11.9. The molecule has 0 saturated carbocycles. The zero-order valence-corrected chi connectivity index (χ0v) is 12.3. The summed E-state index contributed by atoms with van der Waals surface area (Å²) >= 11 is 0. The van der Waals surface area contributed by atoms with Crippen LogP contribution < -0.4 is 14.2 Å². The van der Waals surface area contributed by atoms with Crippen molar-refractivity contribution in [1.29, 1.82) is 0 Å². The van der Waals surface area contributed by atoms with E-state index in [2.05, 4.69) is 0 Å². The maximum absolute atomic E-state index is 11.9. The van der Waals surface area contributed by atoms with Gasteiger partial charge in [-0.1, -0.05) is 12.1 Å². The molecule has 1 heterocycles. The van der Waals surface area contributed by atoms with E-state index in [1.165, 1.54) is 0 Å². The molecule has 22 heavy (non-hydrogen) atoms. The monoisotopic (exact) mass is 300 g/mol. The molecular weight excluding hydrogens is 284 g/mol. The lowest BCUT2D eigenvalue weighted by atomic mass is 9.85. The van der Waals surface area contributed by atoms with Gasteiger partial charge in [0.15, 0.2) is 0 Å². The van der Waals surface area contributed by atoms with Crippen molar-refractivity contribution < 1.29 is 24.1 Å². The highest BCUT2D eigenvalue weighted by Crippen LogP contribution is 2.46. The molecule has 5 nitrogen and oxygen atoms in total. The second-order valence-corrected chi connectivity index (χ2v) is 5.06. The number of aromatic hydroxyl groups is 1. The molecule has 5 heteroatoms. The number of fused-ring (bicyclic) bond motifs is 1. The van der Waals surface area contributed by atoms with Crippen molar-refractivity contribution in [3.05, 3.63) is 47.5 Å². The lowest BCUT2D eigenvalue weighted by molar-refractivity contribution is -0.135. The number of carbonyl (C=O) groups excluding carboxylic acids is 1. The highest BCUT2D eigenvalue weighted by molar-refractivity contribution is 5.79. The molecule has 0 fully saturated rings. The van der Waals surface area contributed by atoms with Crippen molar-refractivity contribution in [2.24, 2.45) is 0 Å². The molecule has 114 valence electrons. The summed E-state index contributed by atoms with van der Waals surface area (Å²) in [6.07, 6.45) is 0.223. The molecule has 1 aliphatic heterocycles. The van der Waals surface area contributed by atoms with Crippen LogP contribution in [0.5, 0.6) is 23.0 Å². The number of hydrogen-bond donors (Lipinski definition) is 1. The first kappa shape index (κ1) is 14.3. The second-order valence-electron chi connectivity index (χ2n) is 5.06. The van der Waals surface area contributed by atoms with Gasteiger partial charge in [0, 0.05) is 23.6 Å². The summed E-state index contributed by atoms with van der Waals surface area (Å²) in [5.74, 6) is 1.32. The lowest BCUT2D eigenvalue weighted by Gasteiger charge is -2.27. The molecule has 0 saturated heterocycles. The third kappa shape index (κ3) is 2.45. The first-order valence-electron chi connectivity index (χ1n) is 6.88. The summed E-state index contributed by atoms with van der Waals surface area (Å²) in [5.41, 5.74) is 1.73. The van der Waals surface area contributed by atoms with Gasteiger partial charge < -0.3 is 19.3 Å². The topological polar surface area (TPSA) is 65.0 Å². The van der Waals surface area contributed by atoms with Gasteiger partial charge in [0.2, 0.25) is 0 Å². The van der Waals surface area contributed by atoms with Gasteiger partial charge in [-0.3, -0.25) is 4.79 Å². The third-order valence-electron chi connectivity index (χ3n) is 3.77.